The van der Waals surface area contributed by atoms with Crippen LogP contribution in [0.2, 0.25) is 0 Å². The van der Waals surface area contributed by atoms with E-state index in [9.17, 15) is 9.18 Å². The van der Waals surface area contributed by atoms with E-state index in [1.807, 2.05) is 0 Å². The standard InChI is InChI=1S/C21H29FN4O2/c1-3-4-13-28-20(27)25-12-9-21(2,15-25)26-10-7-17(8-11-26)24-19-6-5-16(22)14-18(19)23/h5-6,14,17,24H,7-13,15,23H2,1-2H3. The fraction of sp³-hybridized carbons (Fsp3) is 0.571. The molecule has 152 valence electrons. The van der Waals surface area contributed by atoms with Crippen molar-refractivity contribution in [1.82, 2.24) is 9.80 Å². The molecular weight excluding hydrogens is 359 g/mol. The molecule has 7 heteroatoms. The molecule has 0 bridgehead atoms. The highest BCUT2D eigenvalue weighted by atomic mass is 19.1. The Morgan fingerprint density at radius 2 is 2.14 bits per heavy atom. The number of nitrogens with one attached hydrogen (secondary N) is 1. The second kappa shape index (κ2) is 8.70. The minimum absolute atomic E-state index is 0.0324. The lowest BCUT2D eigenvalue weighted by molar-refractivity contribution is 0.0755. The van der Waals surface area contributed by atoms with Crippen LogP contribution in [-0.4, -0.2) is 60.3 Å². The number of carbonyl (C=O) groups excluding carboxylic acids is 1. The number of carbonyl (C=O) groups is 1. The molecule has 1 aromatic rings. The van der Waals surface area contributed by atoms with Gasteiger partial charge >= 0.3 is 6.09 Å². The van der Waals surface area contributed by atoms with Gasteiger partial charge in [-0.3, -0.25) is 4.90 Å². The fourth-order valence-corrected chi connectivity index (χ4v) is 4.07. The Labute approximate surface area is 166 Å². The molecule has 3 rings (SSSR count). The predicted octanol–water partition coefficient (Wildman–Crippen LogP) is 2.91. The molecule has 1 unspecified atom stereocenters. The smallest absolute Gasteiger partial charge is 0.410 e. The zero-order valence-corrected chi connectivity index (χ0v) is 16.6. The number of nitrogen functional groups attached to an aromatic ring is 1. The maximum Gasteiger partial charge on any atom is 0.410 e. The van der Waals surface area contributed by atoms with E-state index in [0.29, 0.717) is 24.8 Å². The normalized spacial score (nSPS) is 23.2. The Morgan fingerprint density at radius 3 is 2.82 bits per heavy atom. The Morgan fingerprint density at radius 1 is 1.39 bits per heavy atom. The molecule has 0 aliphatic carbocycles. The first-order chi connectivity index (χ1) is 13.4. The summed E-state index contributed by atoms with van der Waals surface area (Å²) in [5, 5.41) is 3.44. The van der Waals surface area contributed by atoms with Crippen LogP contribution in [0.3, 0.4) is 0 Å². The van der Waals surface area contributed by atoms with Crippen LogP contribution in [0.1, 0.15) is 33.1 Å². The second-order valence-corrected chi connectivity index (χ2v) is 7.79. The van der Waals surface area contributed by atoms with Gasteiger partial charge < -0.3 is 20.7 Å². The first-order valence-electron chi connectivity index (χ1n) is 9.79. The summed E-state index contributed by atoms with van der Waals surface area (Å²) in [7, 11) is 0. The van der Waals surface area contributed by atoms with Gasteiger partial charge in [-0.25, -0.2) is 9.18 Å². The Hall–Kier alpha value is -2.46. The Bertz CT molecular complexity index is 767. The van der Waals surface area contributed by atoms with Crippen molar-refractivity contribution in [2.75, 3.05) is 43.8 Å². The quantitative estimate of drug-likeness (QED) is 0.613. The molecular formula is C21H29FN4O2. The molecule has 1 aromatic carbocycles. The number of nitrogens with zero attached hydrogens (tertiary/aromatic N) is 2. The van der Waals surface area contributed by atoms with Crippen LogP contribution in [0.4, 0.5) is 20.6 Å². The van der Waals surface area contributed by atoms with Crippen molar-refractivity contribution in [1.29, 1.82) is 0 Å². The Kier molecular flexibility index (Phi) is 6.30. The minimum Gasteiger partial charge on any atom is -0.436 e. The van der Waals surface area contributed by atoms with Crippen LogP contribution in [0.15, 0.2) is 18.2 Å². The Balaban J connectivity index is 1.50. The molecule has 6 nitrogen and oxygen atoms in total. The van der Waals surface area contributed by atoms with Gasteiger partial charge in [0.05, 0.1) is 11.4 Å². The van der Waals surface area contributed by atoms with Gasteiger partial charge in [0.2, 0.25) is 0 Å². The van der Waals surface area contributed by atoms with Crippen LogP contribution in [0.5, 0.6) is 0 Å². The third kappa shape index (κ3) is 4.68. The average molecular weight is 388 g/mol. The van der Waals surface area contributed by atoms with Gasteiger partial charge in [-0.2, -0.15) is 0 Å². The fourth-order valence-electron chi connectivity index (χ4n) is 4.07. The number of nitrogens with two attached hydrogens (primary N) is 1. The molecule has 2 fully saturated rings. The molecule has 0 radical (unpaired) electrons. The largest absolute Gasteiger partial charge is 0.436 e. The van der Waals surface area contributed by atoms with Gasteiger partial charge in [-0.1, -0.05) is 5.92 Å². The first kappa shape index (κ1) is 20.3. The van der Waals surface area contributed by atoms with E-state index in [2.05, 4.69) is 29.0 Å². The zero-order chi connectivity index (χ0) is 20.1. The number of ether oxygens (including phenoxy) is 1. The van der Waals surface area contributed by atoms with E-state index in [0.717, 1.165) is 38.0 Å². The summed E-state index contributed by atoms with van der Waals surface area (Å²) in [6, 6.07) is 4.77. The number of anilines is 2. The molecule has 3 N–H and O–H groups in total. The van der Waals surface area contributed by atoms with Gasteiger partial charge in [0.25, 0.3) is 0 Å². The lowest BCUT2D eigenvalue weighted by Gasteiger charge is -2.43. The maximum absolute atomic E-state index is 13.2. The molecule has 0 aromatic heterocycles. The van der Waals surface area contributed by atoms with Crippen molar-refractivity contribution in [3.8, 4) is 11.8 Å². The molecule has 1 atom stereocenters. The number of likely N-dealkylation sites (tertiary alicyclic amines) is 2. The van der Waals surface area contributed by atoms with Crippen LogP contribution >= 0.6 is 0 Å². The average Bonchev–Trinajstić information content (AvgIpc) is 3.08. The monoisotopic (exact) mass is 388 g/mol. The second-order valence-electron chi connectivity index (χ2n) is 7.79. The number of halogens is 1. The van der Waals surface area contributed by atoms with Crippen molar-refractivity contribution >= 4 is 17.5 Å². The van der Waals surface area contributed by atoms with E-state index in [-0.39, 0.29) is 24.1 Å². The van der Waals surface area contributed by atoms with Gasteiger partial charge in [-0.05, 0) is 51.3 Å². The van der Waals surface area contributed by atoms with Crippen molar-refractivity contribution in [2.24, 2.45) is 0 Å². The summed E-state index contributed by atoms with van der Waals surface area (Å²) in [6.07, 6.45) is 2.60. The SMILES string of the molecule is CC#CCOC(=O)N1CCC(C)(N2CCC(Nc3ccc(F)cc3N)CC2)C1. The molecule has 2 saturated heterocycles. The van der Waals surface area contributed by atoms with Gasteiger partial charge in [0.15, 0.2) is 6.61 Å². The highest BCUT2D eigenvalue weighted by molar-refractivity contribution is 5.68. The van der Waals surface area contributed by atoms with E-state index in [1.54, 1.807) is 17.9 Å². The van der Waals surface area contributed by atoms with Gasteiger partial charge in [0, 0.05) is 37.8 Å². The lowest BCUT2D eigenvalue weighted by atomic mass is 9.94. The van der Waals surface area contributed by atoms with Gasteiger partial charge in [-0.15, -0.1) is 5.92 Å². The summed E-state index contributed by atoms with van der Waals surface area (Å²) in [4.78, 5) is 16.4. The number of hydrogen-bond donors (Lipinski definition) is 2. The van der Waals surface area contributed by atoms with Gasteiger partial charge in [0.1, 0.15) is 5.82 Å². The van der Waals surface area contributed by atoms with Crippen molar-refractivity contribution in [3.05, 3.63) is 24.0 Å². The van der Waals surface area contributed by atoms with Crippen LogP contribution in [-0.2, 0) is 4.74 Å². The topological polar surface area (TPSA) is 70.8 Å². The van der Waals surface area contributed by atoms with Crippen molar-refractivity contribution < 1.29 is 13.9 Å². The van der Waals surface area contributed by atoms with E-state index >= 15 is 0 Å². The predicted molar refractivity (Wildman–Crippen MR) is 108 cm³/mol. The summed E-state index contributed by atoms with van der Waals surface area (Å²) in [5.74, 6) is 5.15. The summed E-state index contributed by atoms with van der Waals surface area (Å²) in [6.45, 7) is 7.36. The summed E-state index contributed by atoms with van der Waals surface area (Å²) >= 11 is 0. The molecule has 1 amide bonds. The lowest BCUT2D eigenvalue weighted by Crippen LogP contribution is -2.53. The van der Waals surface area contributed by atoms with Crippen molar-refractivity contribution in [3.63, 3.8) is 0 Å². The first-order valence-corrected chi connectivity index (χ1v) is 9.79. The molecule has 2 heterocycles. The molecule has 0 saturated carbocycles. The number of amides is 1. The highest BCUT2D eigenvalue weighted by Crippen LogP contribution is 2.32. The van der Waals surface area contributed by atoms with Crippen LogP contribution in [0.25, 0.3) is 0 Å². The third-order valence-electron chi connectivity index (χ3n) is 5.79. The summed E-state index contributed by atoms with van der Waals surface area (Å²) in [5.41, 5.74) is 7.10. The van der Waals surface area contributed by atoms with Crippen molar-refractivity contribution in [2.45, 2.75) is 44.7 Å². The van der Waals surface area contributed by atoms with Crippen LogP contribution in [0, 0.1) is 17.7 Å². The number of rotatable bonds is 4. The number of benzene rings is 1. The molecule has 28 heavy (non-hydrogen) atoms. The molecule has 0 spiro atoms. The molecule has 2 aliphatic rings. The molecule has 2 aliphatic heterocycles. The zero-order valence-electron chi connectivity index (χ0n) is 16.6. The third-order valence-corrected chi connectivity index (χ3v) is 5.79. The van der Waals surface area contributed by atoms with E-state index in [4.69, 9.17) is 10.5 Å². The number of hydrogen-bond acceptors (Lipinski definition) is 5. The van der Waals surface area contributed by atoms with E-state index in [1.165, 1.54) is 12.1 Å². The number of piperidine rings is 1. The van der Waals surface area contributed by atoms with E-state index < -0.39 is 0 Å². The van der Waals surface area contributed by atoms with Crippen LogP contribution < -0.4 is 11.1 Å². The highest BCUT2D eigenvalue weighted by Gasteiger charge is 2.42. The summed E-state index contributed by atoms with van der Waals surface area (Å²) < 4.78 is 18.4. The minimum atomic E-state index is -0.322. The maximum atomic E-state index is 13.2.